The van der Waals surface area contributed by atoms with Gasteiger partial charge in [-0.05, 0) is 41.7 Å². The lowest BCUT2D eigenvalue weighted by molar-refractivity contribution is 0.268. The van der Waals surface area contributed by atoms with Crippen LogP contribution in [0, 0.1) is 0 Å². The smallest absolute Gasteiger partial charge is 0.120 e. The van der Waals surface area contributed by atoms with Crippen LogP contribution in [0.4, 0.5) is 0 Å². The lowest BCUT2D eigenvalue weighted by atomic mass is 10.0. The molecule has 1 aliphatic carbocycles. The van der Waals surface area contributed by atoms with Crippen molar-refractivity contribution in [3.8, 4) is 16.9 Å². The normalized spacial score (nSPS) is 15.9. The van der Waals surface area contributed by atoms with Crippen LogP contribution in [0.5, 0.6) is 5.75 Å². The molecule has 0 saturated heterocycles. The zero-order valence-electron chi connectivity index (χ0n) is 11.3. The van der Waals surface area contributed by atoms with Gasteiger partial charge in [-0.3, -0.25) is 0 Å². The average Bonchev–Trinajstić information content (AvgIpc) is 3.31. The third kappa shape index (κ3) is 3.00. The predicted octanol–water partition coefficient (Wildman–Crippen LogP) is 2.89. The van der Waals surface area contributed by atoms with Crippen LogP contribution >= 0.6 is 0 Å². The molecule has 2 aromatic rings. The number of hydrogen-bond donors (Lipinski definition) is 2. The van der Waals surface area contributed by atoms with Gasteiger partial charge in [0.1, 0.15) is 5.75 Å². The summed E-state index contributed by atoms with van der Waals surface area (Å²) in [4.78, 5) is 0. The molecule has 0 bridgehead atoms. The molecule has 20 heavy (non-hydrogen) atoms. The maximum atomic E-state index is 9.06. The van der Waals surface area contributed by atoms with Crippen LogP contribution in [-0.4, -0.2) is 17.8 Å². The zero-order chi connectivity index (χ0) is 13.9. The first kappa shape index (κ1) is 13.2. The molecule has 1 saturated carbocycles. The van der Waals surface area contributed by atoms with Crippen LogP contribution in [0.25, 0.3) is 11.1 Å². The Morgan fingerprint density at radius 3 is 2.50 bits per heavy atom. The van der Waals surface area contributed by atoms with E-state index < -0.39 is 0 Å². The lowest BCUT2D eigenvalue weighted by Gasteiger charge is -2.10. The minimum Gasteiger partial charge on any atom is -0.490 e. The van der Waals surface area contributed by atoms with E-state index in [1.807, 2.05) is 36.4 Å². The van der Waals surface area contributed by atoms with Crippen molar-refractivity contribution >= 4 is 0 Å². The molecule has 0 radical (unpaired) electrons. The molecule has 3 N–H and O–H groups in total. The Morgan fingerprint density at radius 1 is 1.10 bits per heavy atom. The van der Waals surface area contributed by atoms with E-state index in [9.17, 15) is 0 Å². The first-order valence-corrected chi connectivity index (χ1v) is 7.00. The highest BCUT2D eigenvalue weighted by molar-refractivity contribution is 5.65. The second kappa shape index (κ2) is 5.65. The van der Waals surface area contributed by atoms with E-state index in [-0.39, 0.29) is 12.6 Å². The minimum absolute atomic E-state index is 0.0376. The highest BCUT2D eigenvalue weighted by Crippen LogP contribution is 2.30. The van der Waals surface area contributed by atoms with Gasteiger partial charge in [-0.25, -0.2) is 0 Å². The SMILES string of the molecule is N[C@H](CO)c1ccc(-c2cccc(OC3CC3)c2)cc1. The number of aliphatic hydroxyl groups is 1. The summed E-state index contributed by atoms with van der Waals surface area (Å²) in [6, 6.07) is 15.8. The van der Waals surface area contributed by atoms with Crippen LogP contribution in [0.3, 0.4) is 0 Å². The first-order valence-electron chi connectivity index (χ1n) is 7.00. The number of benzene rings is 2. The number of rotatable bonds is 5. The molecule has 0 unspecified atom stereocenters. The Kier molecular flexibility index (Phi) is 3.72. The van der Waals surface area contributed by atoms with E-state index in [4.69, 9.17) is 15.6 Å². The molecule has 0 aromatic heterocycles. The van der Waals surface area contributed by atoms with E-state index in [0.717, 1.165) is 35.3 Å². The van der Waals surface area contributed by atoms with Crippen molar-refractivity contribution in [2.45, 2.75) is 25.0 Å². The van der Waals surface area contributed by atoms with Crippen LogP contribution in [-0.2, 0) is 0 Å². The summed E-state index contributed by atoms with van der Waals surface area (Å²) in [5.74, 6) is 0.932. The molecule has 104 valence electrons. The molecular formula is C17H19NO2. The highest BCUT2D eigenvalue weighted by atomic mass is 16.5. The van der Waals surface area contributed by atoms with E-state index in [1.54, 1.807) is 0 Å². The van der Waals surface area contributed by atoms with Crippen LogP contribution in [0.1, 0.15) is 24.4 Å². The van der Waals surface area contributed by atoms with Crippen molar-refractivity contribution in [2.75, 3.05) is 6.61 Å². The van der Waals surface area contributed by atoms with Gasteiger partial charge >= 0.3 is 0 Å². The number of aliphatic hydroxyl groups excluding tert-OH is 1. The fourth-order valence-corrected chi connectivity index (χ4v) is 2.16. The molecule has 3 nitrogen and oxygen atoms in total. The lowest BCUT2D eigenvalue weighted by Crippen LogP contribution is -2.14. The molecule has 1 fully saturated rings. The van der Waals surface area contributed by atoms with Gasteiger partial charge in [-0.15, -0.1) is 0 Å². The molecule has 3 heteroatoms. The van der Waals surface area contributed by atoms with Crippen molar-refractivity contribution in [3.05, 3.63) is 54.1 Å². The monoisotopic (exact) mass is 269 g/mol. The predicted molar refractivity (Wildman–Crippen MR) is 79.5 cm³/mol. The molecule has 1 atom stereocenters. The second-order valence-corrected chi connectivity index (χ2v) is 5.26. The summed E-state index contributed by atoms with van der Waals surface area (Å²) in [6.07, 6.45) is 2.74. The maximum absolute atomic E-state index is 9.06. The topological polar surface area (TPSA) is 55.5 Å². The van der Waals surface area contributed by atoms with E-state index in [2.05, 4.69) is 12.1 Å². The fraction of sp³-hybridized carbons (Fsp3) is 0.294. The van der Waals surface area contributed by atoms with Crippen molar-refractivity contribution in [3.63, 3.8) is 0 Å². The van der Waals surface area contributed by atoms with Crippen molar-refractivity contribution in [2.24, 2.45) is 5.73 Å². The minimum atomic E-state index is -0.311. The largest absolute Gasteiger partial charge is 0.490 e. The maximum Gasteiger partial charge on any atom is 0.120 e. The summed E-state index contributed by atoms with van der Waals surface area (Å²) in [6.45, 7) is -0.0376. The molecular weight excluding hydrogens is 250 g/mol. The number of nitrogens with two attached hydrogens (primary N) is 1. The van der Waals surface area contributed by atoms with Gasteiger partial charge in [0, 0.05) is 0 Å². The third-order valence-corrected chi connectivity index (χ3v) is 3.53. The standard InChI is InChI=1S/C17H19NO2/c18-17(11-19)13-6-4-12(5-7-13)14-2-1-3-16(10-14)20-15-8-9-15/h1-7,10,15,17,19H,8-9,11,18H2/t17-/m1/s1. The Labute approximate surface area is 119 Å². The summed E-state index contributed by atoms with van der Waals surface area (Å²) < 4.78 is 5.81. The summed E-state index contributed by atoms with van der Waals surface area (Å²) in [5.41, 5.74) is 9.00. The molecule has 2 aromatic carbocycles. The molecule has 0 aliphatic heterocycles. The van der Waals surface area contributed by atoms with Gasteiger partial charge in [0.05, 0.1) is 18.8 Å². The van der Waals surface area contributed by atoms with Gasteiger partial charge in [0.2, 0.25) is 0 Å². The van der Waals surface area contributed by atoms with Gasteiger partial charge in [-0.1, -0.05) is 36.4 Å². The average molecular weight is 269 g/mol. The van der Waals surface area contributed by atoms with Crippen LogP contribution < -0.4 is 10.5 Å². The quantitative estimate of drug-likeness (QED) is 0.877. The second-order valence-electron chi connectivity index (χ2n) is 5.26. The Balaban J connectivity index is 1.80. The van der Waals surface area contributed by atoms with Crippen molar-refractivity contribution in [1.29, 1.82) is 0 Å². The van der Waals surface area contributed by atoms with Gasteiger partial charge in [-0.2, -0.15) is 0 Å². The molecule has 3 rings (SSSR count). The Hall–Kier alpha value is -1.84. The molecule has 1 aliphatic rings. The van der Waals surface area contributed by atoms with Crippen LogP contribution in [0.15, 0.2) is 48.5 Å². The first-order chi connectivity index (χ1) is 9.76. The molecule has 0 heterocycles. The zero-order valence-corrected chi connectivity index (χ0v) is 11.3. The summed E-state index contributed by atoms with van der Waals surface area (Å²) in [5, 5.41) is 9.06. The van der Waals surface area contributed by atoms with Gasteiger partial charge in [0.25, 0.3) is 0 Å². The van der Waals surface area contributed by atoms with Crippen molar-refractivity contribution < 1.29 is 9.84 Å². The van der Waals surface area contributed by atoms with E-state index in [0.29, 0.717) is 6.10 Å². The van der Waals surface area contributed by atoms with Crippen molar-refractivity contribution in [1.82, 2.24) is 0 Å². The van der Waals surface area contributed by atoms with Gasteiger partial charge in [0.15, 0.2) is 0 Å². The van der Waals surface area contributed by atoms with Crippen LogP contribution in [0.2, 0.25) is 0 Å². The third-order valence-electron chi connectivity index (χ3n) is 3.53. The summed E-state index contributed by atoms with van der Waals surface area (Å²) in [7, 11) is 0. The van der Waals surface area contributed by atoms with E-state index >= 15 is 0 Å². The Bertz CT molecular complexity index is 576. The molecule has 0 amide bonds. The van der Waals surface area contributed by atoms with E-state index in [1.165, 1.54) is 0 Å². The van der Waals surface area contributed by atoms with Gasteiger partial charge < -0.3 is 15.6 Å². The number of hydrogen-bond acceptors (Lipinski definition) is 3. The molecule has 0 spiro atoms. The fourth-order valence-electron chi connectivity index (χ4n) is 2.16. The summed E-state index contributed by atoms with van der Waals surface area (Å²) >= 11 is 0. The number of ether oxygens (including phenoxy) is 1. The Morgan fingerprint density at radius 2 is 1.85 bits per heavy atom. The highest BCUT2D eigenvalue weighted by Gasteiger charge is 2.23.